The highest BCUT2D eigenvalue weighted by molar-refractivity contribution is 7.80. The van der Waals surface area contributed by atoms with Crippen molar-refractivity contribution in [2.24, 2.45) is 4.99 Å². The van der Waals surface area contributed by atoms with Crippen LogP contribution < -0.4 is 5.32 Å². The van der Waals surface area contributed by atoms with Crippen molar-refractivity contribution in [2.45, 2.75) is 20.8 Å². The number of anilines is 1. The molecule has 0 saturated heterocycles. The minimum absolute atomic E-state index is 0.501. The van der Waals surface area contributed by atoms with Gasteiger partial charge in [-0.1, -0.05) is 18.2 Å². The molecule has 0 fully saturated rings. The summed E-state index contributed by atoms with van der Waals surface area (Å²) in [4.78, 5) is 6.54. The SMILES string of the molecule is CCN(CC)C(C)=NC(=S)Nc1ccccc1. The second kappa shape index (κ2) is 7.01. The maximum absolute atomic E-state index is 5.20. The summed E-state index contributed by atoms with van der Waals surface area (Å²) in [7, 11) is 0. The molecule has 0 bridgehead atoms. The Morgan fingerprint density at radius 2 is 1.82 bits per heavy atom. The van der Waals surface area contributed by atoms with Crippen molar-refractivity contribution in [2.75, 3.05) is 18.4 Å². The molecule has 0 aliphatic rings. The fourth-order valence-electron chi connectivity index (χ4n) is 1.57. The fourth-order valence-corrected chi connectivity index (χ4v) is 1.82. The summed E-state index contributed by atoms with van der Waals surface area (Å²) in [5.74, 6) is 0.948. The molecule has 0 atom stereocenters. The zero-order chi connectivity index (χ0) is 12.7. The zero-order valence-corrected chi connectivity index (χ0v) is 11.4. The lowest BCUT2D eigenvalue weighted by Crippen LogP contribution is -2.29. The van der Waals surface area contributed by atoms with Gasteiger partial charge < -0.3 is 10.2 Å². The molecule has 3 nitrogen and oxygen atoms in total. The molecule has 4 heteroatoms. The van der Waals surface area contributed by atoms with Gasteiger partial charge in [0.1, 0.15) is 5.84 Å². The predicted octanol–water partition coefficient (Wildman–Crippen LogP) is 3.14. The highest BCUT2D eigenvalue weighted by atomic mass is 32.1. The summed E-state index contributed by atoms with van der Waals surface area (Å²) in [5.41, 5.74) is 0.966. The minimum atomic E-state index is 0.501. The van der Waals surface area contributed by atoms with E-state index in [1.807, 2.05) is 37.3 Å². The van der Waals surface area contributed by atoms with Crippen molar-refractivity contribution in [1.29, 1.82) is 0 Å². The van der Waals surface area contributed by atoms with Gasteiger partial charge in [0.25, 0.3) is 0 Å². The summed E-state index contributed by atoms with van der Waals surface area (Å²) >= 11 is 5.20. The molecular weight excluding hydrogens is 230 g/mol. The third kappa shape index (κ3) is 4.53. The number of amidine groups is 1. The largest absolute Gasteiger partial charge is 0.361 e. The molecule has 0 radical (unpaired) electrons. The van der Waals surface area contributed by atoms with Crippen LogP contribution in [0.2, 0.25) is 0 Å². The Kier molecular flexibility index (Phi) is 5.63. The first-order valence-electron chi connectivity index (χ1n) is 5.83. The van der Waals surface area contributed by atoms with Crippen molar-refractivity contribution in [3.05, 3.63) is 30.3 Å². The smallest absolute Gasteiger partial charge is 0.198 e. The Balaban J connectivity index is 2.63. The molecule has 0 spiro atoms. The lowest BCUT2D eigenvalue weighted by atomic mass is 10.3. The zero-order valence-electron chi connectivity index (χ0n) is 10.6. The van der Waals surface area contributed by atoms with Gasteiger partial charge in [-0.25, -0.2) is 4.99 Å². The van der Waals surface area contributed by atoms with Gasteiger partial charge in [0.15, 0.2) is 5.11 Å². The molecule has 0 saturated carbocycles. The van der Waals surface area contributed by atoms with Crippen molar-refractivity contribution < 1.29 is 0 Å². The third-order valence-electron chi connectivity index (χ3n) is 2.51. The lowest BCUT2D eigenvalue weighted by molar-refractivity contribution is 0.463. The molecular formula is C13H19N3S. The van der Waals surface area contributed by atoms with E-state index >= 15 is 0 Å². The molecule has 92 valence electrons. The summed E-state index contributed by atoms with van der Waals surface area (Å²) in [6.07, 6.45) is 0. The van der Waals surface area contributed by atoms with E-state index in [9.17, 15) is 0 Å². The summed E-state index contributed by atoms with van der Waals surface area (Å²) < 4.78 is 0. The van der Waals surface area contributed by atoms with E-state index < -0.39 is 0 Å². The molecule has 0 unspecified atom stereocenters. The second-order valence-corrected chi connectivity index (χ2v) is 4.01. The van der Waals surface area contributed by atoms with Crippen molar-refractivity contribution in [1.82, 2.24) is 4.90 Å². The molecule has 0 amide bonds. The van der Waals surface area contributed by atoms with Crippen LogP contribution in [0.15, 0.2) is 35.3 Å². The lowest BCUT2D eigenvalue weighted by Gasteiger charge is -2.20. The van der Waals surface area contributed by atoms with E-state index in [1.165, 1.54) is 0 Å². The molecule has 0 aliphatic heterocycles. The average Bonchev–Trinajstić information content (AvgIpc) is 2.31. The number of hydrogen-bond acceptors (Lipinski definition) is 1. The van der Waals surface area contributed by atoms with E-state index in [0.29, 0.717) is 5.11 Å². The number of hydrogen-bond donors (Lipinski definition) is 1. The third-order valence-corrected chi connectivity index (χ3v) is 2.70. The van der Waals surface area contributed by atoms with Crippen LogP contribution in [0.1, 0.15) is 20.8 Å². The highest BCUT2D eigenvalue weighted by Crippen LogP contribution is 2.05. The van der Waals surface area contributed by atoms with Gasteiger partial charge >= 0.3 is 0 Å². The number of benzene rings is 1. The van der Waals surface area contributed by atoms with Crippen molar-refractivity contribution in [3.63, 3.8) is 0 Å². The van der Waals surface area contributed by atoms with Gasteiger partial charge in [-0.2, -0.15) is 0 Å². The maximum Gasteiger partial charge on any atom is 0.198 e. The highest BCUT2D eigenvalue weighted by Gasteiger charge is 2.02. The van der Waals surface area contributed by atoms with E-state index in [2.05, 4.69) is 29.1 Å². The monoisotopic (exact) mass is 249 g/mol. The van der Waals surface area contributed by atoms with Crippen molar-refractivity contribution in [3.8, 4) is 0 Å². The Hall–Kier alpha value is -1.42. The molecule has 1 N–H and O–H groups in total. The topological polar surface area (TPSA) is 27.6 Å². The molecule has 1 aromatic rings. The van der Waals surface area contributed by atoms with Crippen LogP contribution >= 0.6 is 12.2 Å². The number of para-hydroxylation sites is 1. The first-order chi connectivity index (χ1) is 8.17. The standard InChI is InChI=1S/C13H19N3S/c1-4-16(5-2)11(3)14-13(17)15-12-9-7-6-8-10-12/h6-10H,4-5H2,1-3H3,(H,15,17). The first kappa shape index (κ1) is 13.6. The summed E-state index contributed by atoms with van der Waals surface area (Å²) in [6.45, 7) is 8.08. The molecule has 1 aromatic carbocycles. The van der Waals surface area contributed by atoms with Gasteiger partial charge in [-0.3, -0.25) is 0 Å². The van der Waals surface area contributed by atoms with E-state index in [-0.39, 0.29) is 0 Å². The van der Waals surface area contributed by atoms with Crippen LogP contribution in [0.4, 0.5) is 5.69 Å². The molecule has 1 rings (SSSR count). The number of nitrogens with zero attached hydrogens (tertiary/aromatic N) is 2. The number of nitrogens with one attached hydrogen (secondary N) is 1. The first-order valence-corrected chi connectivity index (χ1v) is 6.24. The Morgan fingerprint density at radius 3 is 2.35 bits per heavy atom. The normalized spacial score (nSPS) is 11.1. The van der Waals surface area contributed by atoms with Crippen LogP contribution in [0.5, 0.6) is 0 Å². The Bertz CT molecular complexity index is 383. The quantitative estimate of drug-likeness (QED) is 0.506. The van der Waals surface area contributed by atoms with Crippen LogP contribution in [0.3, 0.4) is 0 Å². The van der Waals surface area contributed by atoms with Gasteiger partial charge in [0.05, 0.1) is 0 Å². The maximum atomic E-state index is 5.20. The number of thiocarbonyl (C=S) groups is 1. The number of rotatable bonds is 3. The van der Waals surface area contributed by atoms with Crippen LogP contribution in [-0.2, 0) is 0 Å². The summed E-state index contributed by atoms with van der Waals surface area (Å²) in [6, 6.07) is 9.83. The fraction of sp³-hybridized carbons (Fsp3) is 0.385. The Labute approximate surface area is 109 Å². The van der Waals surface area contributed by atoms with Crippen LogP contribution in [0, 0.1) is 0 Å². The van der Waals surface area contributed by atoms with Crippen molar-refractivity contribution >= 4 is 28.9 Å². The minimum Gasteiger partial charge on any atom is -0.361 e. The molecule has 0 aliphatic carbocycles. The van der Waals surface area contributed by atoms with Crippen LogP contribution in [-0.4, -0.2) is 28.9 Å². The van der Waals surface area contributed by atoms with E-state index in [0.717, 1.165) is 24.6 Å². The van der Waals surface area contributed by atoms with E-state index in [4.69, 9.17) is 12.2 Å². The van der Waals surface area contributed by atoms with Crippen LogP contribution in [0.25, 0.3) is 0 Å². The molecule has 0 heterocycles. The van der Waals surface area contributed by atoms with Gasteiger partial charge in [-0.05, 0) is 45.1 Å². The average molecular weight is 249 g/mol. The molecule has 17 heavy (non-hydrogen) atoms. The molecule has 0 aromatic heterocycles. The van der Waals surface area contributed by atoms with Gasteiger partial charge in [-0.15, -0.1) is 0 Å². The van der Waals surface area contributed by atoms with Gasteiger partial charge in [0.2, 0.25) is 0 Å². The second-order valence-electron chi connectivity index (χ2n) is 3.63. The van der Waals surface area contributed by atoms with Gasteiger partial charge in [0, 0.05) is 18.8 Å². The van der Waals surface area contributed by atoms with E-state index in [1.54, 1.807) is 0 Å². The summed E-state index contributed by atoms with van der Waals surface area (Å²) in [5, 5.41) is 3.59. The predicted molar refractivity (Wildman–Crippen MR) is 78.7 cm³/mol. The number of aliphatic imine (C=N–C) groups is 1. The Morgan fingerprint density at radius 1 is 1.24 bits per heavy atom.